The molecule has 2 aromatic carbocycles. The Labute approximate surface area is 118 Å². The van der Waals surface area contributed by atoms with Gasteiger partial charge in [-0.2, -0.15) is 0 Å². The molecule has 2 rings (SSSR count). The summed E-state index contributed by atoms with van der Waals surface area (Å²) in [6, 6.07) is 13.4. The van der Waals surface area contributed by atoms with Crippen molar-refractivity contribution in [3.05, 3.63) is 53.6 Å². The Kier molecular flexibility index (Phi) is 4.41. The van der Waals surface area contributed by atoms with Crippen LogP contribution in [-0.2, 0) is 12.8 Å². The lowest BCUT2D eigenvalue weighted by Gasteiger charge is -2.15. The molecule has 0 atom stereocenters. The quantitative estimate of drug-likeness (QED) is 0.655. The van der Waals surface area contributed by atoms with Gasteiger partial charge in [0, 0.05) is 5.56 Å². The first-order chi connectivity index (χ1) is 9.67. The molecule has 0 radical (unpaired) electrons. The second-order valence-corrected chi connectivity index (χ2v) is 4.51. The minimum absolute atomic E-state index is 0.378. The van der Waals surface area contributed by atoms with Crippen LogP contribution in [0.4, 0.5) is 4.79 Å². The molecule has 0 aliphatic rings. The van der Waals surface area contributed by atoms with Crippen LogP contribution in [0.2, 0.25) is 0 Å². The molecule has 0 unspecified atom stereocenters. The second kappa shape index (κ2) is 6.24. The zero-order valence-corrected chi connectivity index (χ0v) is 11.7. The van der Waals surface area contributed by atoms with Gasteiger partial charge in [0.05, 0.1) is 0 Å². The van der Waals surface area contributed by atoms with Gasteiger partial charge in [-0.05, 0) is 35.6 Å². The van der Waals surface area contributed by atoms with E-state index in [1.807, 2.05) is 24.3 Å². The number of aryl methyl sites for hydroxylation is 1. The highest BCUT2D eigenvalue weighted by atomic mass is 16.7. The number of para-hydroxylation sites is 1. The second-order valence-electron chi connectivity index (χ2n) is 4.51. The van der Waals surface area contributed by atoms with E-state index in [0.717, 1.165) is 24.0 Å². The molecule has 0 aliphatic heterocycles. The average Bonchev–Trinajstić information content (AvgIpc) is 2.46. The molecule has 0 saturated heterocycles. The minimum atomic E-state index is -1.29. The van der Waals surface area contributed by atoms with Gasteiger partial charge in [0.15, 0.2) is 0 Å². The molecule has 0 saturated carbocycles. The molecule has 104 valence electrons. The van der Waals surface area contributed by atoms with Crippen molar-refractivity contribution >= 4 is 6.16 Å². The van der Waals surface area contributed by atoms with Crippen LogP contribution in [0.1, 0.15) is 25.0 Å². The summed E-state index contributed by atoms with van der Waals surface area (Å²) in [4.78, 5) is 10.8. The average molecular weight is 270 g/mol. The highest BCUT2D eigenvalue weighted by Crippen LogP contribution is 2.34. The van der Waals surface area contributed by atoms with Crippen LogP contribution in [0.15, 0.2) is 42.5 Å². The van der Waals surface area contributed by atoms with Gasteiger partial charge >= 0.3 is 6.16 Å². The lowest BCUT2D eigenvalue weighted by atomic mass is 9.92. The summed E-state index contributed by atoms with van der Waals surface area (Å²) in [6.07, 6.45) is 0.571. The maximum absolute atomic E-state index is 10.8. The molecular weight excluding hydrogens is 252 g/mol. The Morgan fingerprint density at radius 1 is 1.00 bits per heavy atom. The van der Waals surface area contributed by atoms with E-state index < -0.39 is 6.16 Å². The molecule has 0 aliphatic carbocycles. The fourth-order valence-electron chi connectivity index (χ4n) is 2.51. The smallest absolute Gasteiger partial charge is 0.449 e. The molecule has 0 spiro atoms. The summed E-state index contributed by atoms with van der Waals surface area (Å²) in [6.45, 7) is 4.23. The SMILES string of the molecule is CCc1cccc(-c2ccccc2OC(=O)O)c1CC. The Morgan fingerprint density at radius 3 is 2.35 bits per heavy atom. The number of hydrogen-bond acceptors (Lipinski definition) is 2. The molecule has 0 fully saturated rings. The van der Waals surface area contributed by atoms with Crippen molar-refractivity contribution < 1.29 is 14.6 Å². The molecule has 0 bridgehead atoms. The van der Waals surface area contributed by atoms with E-state index >= 15 is 0 Å². The predicted molar refractivity (Wildman–Crippen MR) is 79.3 cm³/mol. The number of benzene rings is 2. The molecule has 0 heterocycles. The third kappa shape index (κ3) is 2.82. The Bertz CT molecular complexity index is 617. The first-order valence-corrected chi connectivity index (χ1v) is 6.78. The summed E-state index contributed by atoms with van der Waals surface area (Å²) in [5, 5.41) is 8.84. The highest BCUT2D eigenvalue weighted by molar-refractivity contribution is 5.77. The van der Waals surface area contributed by atoms with Crippen LogP contribution in [0, 0.1) is 0 Å². The Hall–Kier alpha value is -2.29. The van der Waals surface area contributed by atoms with Crippen molar-refractivity contribution in [2.45, 2.75) is 26.7 Å². The summed E-state index contributed by atoms with van der Waals surface area (Å²) >= 11 is 0. The predicted octanol–water partition coefficient (Wildman–Crippen LogP) is 4.54. The van der Waals surface area contributed by atoms with Crippen molar-refractivity contribution in [3.63, 3.8) is 0 Å². The lowest BCUT2D eigenvalue weighted by Crippen LogP contribution is -2.04. The van der Waals surface area contributed by atoms with E-state index in [4.69, 9.17) is 9.84 Å². The molecule has 1 N–H and O–H groups in total. The van der Waals surface area contributed by atoms with Crippen LogP contribution in [-0.4, -0.2) is 11.3 Å². The summed E-state index contributed by atoms with van der Waals surface area (Å²) < 4.78 is 4.89. The van der Waals surface area contributed by atoms with Crippen LogP contribution in [0.25, 0.3) is 11.1 Å². The topological polar surface area (TPSA) is 46.5 Å². The minimum Gasteiger partial charge on any atom is -0.449 e. The Balaban J connectivity index is 2.59. The van der Waals surface area contributed by atoms with Crippen molar-refractivity contribution in [3.8, 4) is 16.9 Å². The van der Waals surface area contributed by atoms with Crippen molar-refractivity contribution in [1.82, 2.24) is 0 Å². The van der Waals surface area contributed by atoms with E-state index in [9.17, 15) is 4.79 Å². The standard InChI is InChI=1S/C17H18O3/c1-3-12-8-7-10-14(13(12)4-2)15-9-5-6-11-16(15)20-17(18)19/h5-11H,3-4H2,1-2H3,(H,18,19). The van der Waals surface area contributed by atoms with E-state index in [1.165, 1.54) is 11.1 Å². The van der Waals surface area contributed by atoms with Crippen LogP contribution < -0.4 is 4.74 Å². The normalized spacial score (nSPS) is 10.3. The first kappa shape index (κ1) is 14.1. The van der Waals surface area contributed by atoms with Crippen molar-refractivity contribution in [1.29, 1.82) is 0 Å². The molecule has 2 aromatic rings. The maximum atomic E-state index is 10.8. The number of carboxylic acid groups (broad SMARTS) is 1. The fraction of sp³-hybridized carbons (Fsp3) is 0.235. The van der Waals surface area contributed by atoms with Gasteiger partial charge < -0.3 is 9.84 Å². The summed E-state index contributed by atoms with van der Waals surface area (Å²) in [5.74, 6) is 0.378. The maximum Gasteiger partial charge on any atom is 0.511 e. The van der Waals surface area contributed by atoms with E-state index in [-0.39, 0.29) is 0 Å². The van der Waals surface area contributed by atoms with E-state index in [1.54, 1.807) is 12.1 Å². The van der Waals surface area contributed by atoms with Gasteiger partial charge in [-0.3, -0.25) is 0 Å². The van der Waals surface area contributed by atoms with E-state index in [2.05, 4.69) is 19.9 Å². The highest BCUT2D eigenvalue weighted by Gasteiger charge is 2.13. The van der Waals surface area contributed by atoms with Gasteiger partial charge in [0.2, 0.25) is 0 Å². The number of ether oxygens (including phenoxy) is 1. The first-order valence-electron chi connectivity index (χ1n) is 6.78. The molecule has 3 heteroatoms. The van der Waals surface area contributed by atoms with Gasteiger partial charge in [-0.15, -0.1) is 0 Å². The zero-order valence-electron chi connectivity index (χ0n) is 11.7. The largest absolute Gasteiger partial charge is 0.511 e. The van der Waals surface area contributed by atoms with Crippen molar-refractivity contribution in [2.75, 3.05) is 0 Å². The molecule has 0 aromatic heterocycles. The summed E-state index contributed by atoms with van der Waals surface area (Å²) in [7, 11) is 0. The van der Waals surface area contributed by atoms with Crippen LogP contribution in [0.5, 0.6) is 5.75 Å². The number of rotatable bonds is 4. The molecule has 0 amide bonds. The van der Waals surface area contributed by atoms with Crippen LogP contribution >= 0.6 is 0 Å². The van der Waals surface area contributed by atoms with E-state index in [0.29, 0.717) is 5.75 Å². The van der Waals surface area contributed by atoms with Crippen LogP contribution in [0.3, 0.4) is 0 Å². The number of hydrogen-bond donors (Lipinski definition) is 1. The van der Waals surface area contributed by atoms with Gasteiger partial charge in [-0.1, -0.05) is 50.2 Å². The molecular formula is C17H18O3. The lowest BCUT2D eigenvalue weighted by molar-refractivity contribution is 0.144. The molecule has 20 heavy (non-hydrogen) atoms. The monoisotopic (exact) mass is 270 g/mol. The third-order valence-corrected chi connectivity index (χ3v) is 3.38. The third-order valence-electron chi connectivity index (χ3n) is 3.38. The Morgan fingerprint density at radius 2 is 1.70 bits per heavy atom. The van der Waals surface area contributed by atoms with Gasteiger partial charge in [0.1, 0.15) is 5.75 Å². The molecule has 3 nitrogen and oxygen atoms in total. The van der Waals surface area contributed by atoms with Gasteiger partial charge in [0.25, 0.3) is 0 Å². The summed E-state index contributed by atoms with van der Waals surface area (Å²) in [5.41, 5.74) is 4.40. The fourth-order valence-corrected chi connectivity index (χ4v) is 2.51. The zero-order chi connectivity index (χ0) is 14.5. The van der Waals surface area contributed by atoms with Gasteiger partial charge in [-0.25, -0.2) is 4.79 Å². The van der Waals surface area contributed by atoms with Crippen molar-refractivity contribution in [2.24, 2.45) is 0 Å². The number of carbonyl (C=O) groups is 1.